The lowest BCUT2D eigenvalue weighted by Gasteiger charge is -2.33. The fourth-order valence-corrected chi connectivity index (χ4v) is 2.73. The van der Waals surface area contributed by atoms with Gasteiger partial charge in [-0.05, 0) is 7.05 Å². The molecule has 0 bridgehead atoms. The van der Waals surface area contributed by atoms with Crippen molar-refractivity contribution in [3.8, 4) is 0 Å². The average Bonchev–Trinajstić information content (AvgIpc) is 2.62. The van der Waals surface area contributed by atoms with Gasteiger partial charge < -0.3 is 24.2 Å². The third-order valence-electron chi connectivity index (χ3n) is 4.20. The SMILES string of the molecule is COCCN(CCOC)c1ncnc(N2CCN(C)CC2)c1[N+](=O)[O-]. The van der Waals surface area contributed by atoms with E-state index in [0.29, 0.717) is 51.0 Å². The van der Waals surface area contributed by atoms with Gasteiger partial charge in [0.2, 0.25) is 11.6 Å². The molecule has 2 rings (SSSR count). The Kier molecular flexibility index (Phi) is 7.29. The molecule has 0 atom stereocenters. The van der Waals surface area contributed by atoms with Crippen molar-refractivity contribution in [3.05, 3.63) is 16.4 Å². The van der Waals surface area contributed by atoms with Gasteiger partial charge in [-0.25, -0.2) is 9.97 Å². The molecule has 0 N–H and O–H groups in total. The fourth-order valence-electron chi connectivity index (χ4n) is 2.73. The zero-order valence-corrected chi connectivity index (χ0v) is 15.1. The number of piperazine rings is 1. The molecule has 10 nitrogen and oxygen atoms in total. The molecule has 1 aliphatic rings. The zero-order chi connectivity index (χ0) is 18.2. The van der Waals surface area contributed by atoms with Crippen LogP contribution in [0.5, 0.6) is 0 Å². The van der Waals surface area contributed by atoms with Crippen molar-refractivity contribution in [2.75, 3.05) is 83.5 Å². The maximum absolute atomic E-state index is 11.8. The number of hydrogen-bond donors (Lipinski definition) is 0. The minimum absolute atomic E-state index is 0.0562. The van der Waals surface area contributed by atoms with Crippen LogP contribution in [0.4, 0.5) is 17.3 Å². The van der Waals surface area contributed by atoms with Crippen LogP contribution >= 0.6 is 0 Å². The highest BCUT2D eigenvalue weighted by Crippen LogP contribution is 2.34. The summed E-state index contributed by atoms with van der Waals surface area (Å²) < 4.78 is 10.2. The summed E-state index contributed by atoms with van der Waals surface area (Å²) in [4.78, 5) is 25.8. The molecular weight excluding hydrogens is 328 g/mol. The number of aromatic nitrogens is 2. The maximum atomic E-state index is 11.8. The average molecular weight is 354 g/mol. The van der Waals surface area contributed by atoms with E-state index in [1.54, 1.807) is 14.2 Å². The van der Waals surface area contributed by atoms with E-state index in [2.05, 4.69) is 14.9 Å². The van der Waals surface area contributed by atoms with Crippen molar-refractivity contribution in [2.45, 2.75) is 0 Å². The molecule has 0 amide bonds. The Balaban J connectivity index is 2.35. The summed E-state index contributed by atoms with van der Waals surface area (Å²) in [7, 11) is 5.23. The zero-order valence-electron chi connectivity index (χ0n) is 15.1. The molecule has 0 radical (unpaired) electrons. The lowest BCUT2D eigenvalue weighted by molar-refractivity contribution is -0.383. The van der Waals surface area contributed by atoms with Gasteiger partial charge in [0.15, 0.2) is 0 Å². The summed E-state index contributed by atoms with van der Waals surface area (Å²) >= 11 is 0. The lowest BCUT2D eigenvalue weighted by atomic mass is 10.3. The number of methoxy groups -OCH3 is 2. The van der Waals surface area contributed by atoms with E-state index in [1.165, 1.54) is 6.33 Å². The number of likely N-dealkylation sites (N-methyl/N-ethyl adjacent to an activating group) is 1. The first-order chi connectivity index (χ1) is 12.1. The first kappa shape index (κ1) is 19.3. The Morgan fingerprint density at radius 3 is 2.28 bits per heavy atom. The van der Waals surface area contributed by atoms with Gasteiger partial charge in [0.1, 0.15) is 6.33 Å². The largest absolute Gasteiger partial charge is 0.383 e. The quantitative estimate of drug-likeness (QED) is 0.456. The molecule has 1 aromatic rings. The van der Waals surface area contributed by atoms with Gasteiger partial charge in [-0.2, -0.15) is 0 Å². The summed E-state index contributed by atoms with van der Waals surface area (Å²) in [6.45, 7) is 4.93. The van der Waals surface area contributed by atoms with Crippen LogP contribution in [-0.2, 0) is 9.47 Å². The topological polar surface area (TPSA) is 97.1 Å². The molecule has 10 heteroatoms. The van der Waals surface area contributed by atoms with Crippen molar-refractivity contribution < 1.29 is 14.4 Å². The third kappa shape index (κ3) is 4.97. The van der Waals surface area contributed by atoms with Crippen LogP contribution in [0.1, 0.15) is 0 Å². The predicted molar refractivity (Wildman–Crippen MR) is 94.4 cm³/mol. The second-order valence-electron chi connectivity index (χ2n) is 5.89. The van der Waals surface area contributed by atoms with Crippen LogP contribution < -0.4 is 9.80 Å². The lowest BCUT2D eigenvalue weighted by Crippen LogP contribution is -2.45. The van der Waals surface area contributed by atoms with Gasteiger partial charge in [0, 0.05) is 53.5 Å². The van der Waals surface area contributed by atoms with E-state index in [9.17, 15) is 10.1 Å². The second kappa shape index (κ2) is 9.44. The standard InChI is InChI=1S/C15H26N6O4/c1-18-4-6-19(7-5-18)14-13(21(22)23)15(17-12-16-14)20(8-10-24-2)9-11-25-3/h12H,4-11H2,1-3H3. The fraction of sp³-hybridized carbons (Fsp3) is 0.733. The van der Waals surface area contributed by atoms with Crippen molar-refractivity contribution in [3.63, 3.8) is 0 Å². The summed E-state index contributed by atoms with van der Waals surface area (Å²) in [6.07, 6.45) is 1.39. The van der Waals surface area contributed by atoms with E-state index in [0.717, 1.165) is 13.1 Å². The molecule has 0 spiro atoms. The molecule has 25 heavy (non-hydrogen) atoms. The van der Waals surface area contributed by atoms with E-state index in [-0.39, 0.29) is 5.69 Å². The Morgan fingerprint density at radius 2 is 1.76 bits per heavy atom. The molecule has 1 aliphatic heterocycles. The summed E-state index contributed by atoms with van der Waals surface area (Å²) in [6, 6.07) is 0. The van der Waals surface area contributed by atoms with Crippen molar-refractivity contribution in [1.29, 1.82) is 0 Å². The van der Waals surface area contributed by atoms with Crippen LogP contribution in [0.2, 0.25) is 0 Å². The highest BCUT2D eigenvalue weighted by molar-refractivity contribution is 5.71. The van der Waals surface area contributed by atoms with Crippen molar-refractivity contribution >= 4 is 17.3 Å². The molecule has 140 valence electrons. The molecule has 0 aromatic carbocycles. The summed E-state index contributed by atoms with van der Waals surface area (Å²) in [5.74, 6) is 0.686. The summed E-state index contributed by atoms with van der Waals surface area (Å²) in [5, 5.41) is 11.8. The molecule has 2 heterocycles. The third-order valence-corrected chi connectivity index (χ3v) is 4.20. The Morgan fingerprint density at radius 1 is 1.16 bits per heavy atom. The van der Waals surface area contributed by atoms with Gasteiger partial charge >= 0.3 is 5.69 Å². The minimum Gasteiger partial charge on any atom is -0.383 e. The Bertz CT molecular complexity index is 557. The smallest absolute Gasteiger partial charge is 0.353 e. The highest BCUT2D eigenvalue weighted by atomic mass is 16.6. The van der Waals surface area contributed by atoms with Crippen LogP contribution in [0, 0.1) is 10.1 Å². The van der Waals surface area contributed by atoms with Crippen LogP contribution in [0.25, 0.3) is 0 Å². The second-order valence-corrected chi connectivity index (χ2v) is 5.89. The van der Waals surface area contributed by atoms with E-state index < -0.39 is 4.92 Å². The first-order valence-corrected chi connectivity index (χ1v) is 8.24. The van der Waals surface area contributed by atoms with Gasteiger partial charge in [0.25, 0.3) is 0 Å². The van der Waals surface area contributed by atoms with E-state index >= 15 is 0 Å². The molecule has 0 aliphatic carbocycles. The van der Waals surface area contributed by atoms with Gasteiger partial charge in [-0.15, -0.1) is 0 Å². The predicted octanol–water partition coefficient (Wildman–Crippen LogP) is 0.236. The number of hydrogen-bond acceptors (Lipinski definition) is 9. The number of rotatable bonds is 9. The normalized spacial score (nSPS) is 15.4. The molecular formula is C15H26N6O4. The number of anilines is 2. The number of nitrogens with zero attached hydrogens (tertiary/aromatic N) is 6. The monoisotopic (exact) mass is 354 g/mol. The van der Waals surface area contributed by atoms with Crippen molar-refractivity contribution in [1.82, 2.24) is 14.9 Å². The summed E-state index contributed by atoms with van der Waals surface area (Å²) in [5.41, 5.74) is -0.0562. The van der Waals surface area contributed by atoms with Crippen molar-refractivity contribution in [2.24, 2.45) is 0 Å². The van der Waals surface area contributed by atoms with E-state index in [4.69, 9.17) is 9.47 Å². The number of nitro groups is 1. The molecule has 1 saturated heterocycles. The number of ether oxygens (including phenoxy) is 2. The molecule has 0 saturated carbocycles. The first-order valence-electron chi connectivity index (χ1n) is 8.24. The van der Waals surface area contributed by atoms with E-state index in [1.807, 2.05) is 16.8 Å². The Hall–Kier alpha value is -2.04. The van der Waals surface area contributed by atoms with Crippen LogP contribution in [-0.4, -0.2) is 93.5 Å². The van der Waals surface area contributed by atoms with Gasteiger partial charge in [0.05, 0.1) is 18.1 Å². The van der Waals surface area contributed by atoms with Gasteiger partial charge in [-0.3, -0.25) is 10.1 Å². The highest BCUT2D eigenvalue weighted by Gasteiger charge is 2.31. The molecule has 0 unspecified atom stereocenters. The minimum atomic E-state index is -0.393. The van der Waals surface area contributed by atoms with Crippen LogP contribution in [0.15, 0.2) is 6.33 Å². The van der Waals surface area contributed by atoms with Gasteiger partial charge in [-0.1, -0.05) is 0 Å². The maximum Gasteiger partial charge on any atom is 0.353 e. The molecule has 1 aromatic heterocycles. The molecule has 1 fully saturated rings. The Labute approximate surface area is 147 Å². The van der Waals surface area contributed by atoms with Crippen LogP contribution in [0.3, 0.4) is 0 Å².